The van der Waals surface area contributed by atoms with E-state index in [1.54, 1.807) is 18.2 Å². The number of terminal acetylenes is 1. The number of benzene rings is 2. The molecular weight excluding hydrogens is 345 g/mol. The molecule has 0 atom stereocenters. The van der Waals surface area contributed by atoms with Gasteiger partial charge in [0.25, 0.3) is 5.91 Å². The number of halogens is 2. The molecule has 2 aromatic carbocycles. The Bertz CT molecular complexity index is 933. The van der Waals surface area contributed by atoms with Gasteiger partial charge in [-0.15, -0.1) is 6.42 Å². The third kappa shape index (κ3) is 2.81. The number of anilines is 1. The zero-order valence-electron chi connectivity index (χ0n) is 13.3. The number of amides is 1. The first-order valence-electron chi connectivity index (χ1n) is 7.25. The van der Waals surface area contributed by atoms with E-state index in [2.05, 4.69) is 12.5 Å². The fourth-order valence-corrected chi connectivity index (χ4v) is 2.82. The van der Waals surface area contributed by atoms with Crippen molar-refractivity contribution >= 4 is 28.9 Å². The van der Waals surface area contributed by atoms with Crippen molar-refractivity contribution in [3.05, 3.63) is 58.9 Å². The fraction of sp³-hybridized carbons (Fsp3) is 0.105. The summed E-state index contributed by atoms with van der Waals surface area (Å²) in [5, 5.41) is 0.0629. The zero-order valence-corrected chi connectivity index (χ0v) is 14.1. The van der Waals surface area contributed by atoms with Crippen LogP contribution in [0.25, 0.3) is 5.70 Å². The molecule has 0 saturated carbocycles. The Hall–Kier alpha value is -2.97. The Balaban J connectivity index is 2.07. The van der Waals surface area contributed by atoms with E-state index >= 15 is 0 Å². The van der Waals surface area contributed by atoms with Gasteiger partial charge in [-0.3, -0.25) is 9.69 Å². The van der Waals surface area contributed by atoms with Crippen LogP contribution in [-0.2, 0) is 0 Å². The monoisotopic (exact) mass is 357 g/mol. The Morgan fingerprint density at radius 2 is 2.08 bits per heavy atom. The second-order valence-corrected chi connectivity index (χ2v) is 5.63. The first-order chi connectivity index (χ1) is 12.0. The number of rotatable bonds is 4. The van der Waals surface area contributed by atoms with Crippen LogP contribution in [0.3, 0.4) is 0 Å². The highest BCUT2D eigenvalue weighted by Crippen LogP contribution is 2.41. The molecule has 0 unspecified atom stereocenters. The Kier molecular flexibility index (Phi) is 4.39. The SMILES string of the molecule is C#CCOc1cc(N2C(=C)c3ccc(OC)cc3C2=O)c(F)cc1Cl. The van der Waals surface area contributed by atoms with Gasteiger partial charge < -0.3 is 9.47 Å². The van der Waals surface area contributed by atoms with Gasteiger partial charge in [-0.05, 0) is 24.3 Å². The summed E-state index contributed by atoms with van der Waals surface area (Å²) in [7, 11) is 1.50. The first-order valence-corrected chi connectivity index (χ1v) is 7.62. The van der Waals surface area contributed by atoms with E-state index in [-0.39, 0.29) is 23.1 Å². The second-order valence-electron chi connectivity index (χ2n) is 5.23. The molecule has 1 aliphatic rings. The van der Waals surface area contributed by atoms with Crippen LogP contribution in [-0.4, -0.2) is 19.6 Å². The molecule has 0 N–H and O–H groups in total. The van der Waals surface area contributed by atoms with Crippen molar-refractivity contribution in [1.82, 2.24) is 0 Å². The lowest BCUT2D eigenvalue weighted by atomic mass is 10.1. The van der Waals surface area contributed by atoms with Crippen LogP contribution in [0.5, 0.6) is 11.5 Å². The Labute approximate surface area is 149 Å². The lowest BCUT2D eigenvalue weighted by Crippen LogP contribution is -2.23. The summed E-state index contributed by atoms with van der Waals surface area (Å²) in [5.41, 5.74) is 1.32. The van der Waals surface area contributed by atoms with E-state index in [1.807, 2.05) is 0 Å². The van der Waals surface area contributed by atoms with E-state index in [9.17, 15) is 9.18 Å². The number of carbonyl (C=O) groups is 1. The van der Waals surface area contributed by atoms with Gasteiger partial charge in [-0.1, -0.05) is 24.1 Å². The molecule has 126 valence electrons. The lowest BCUT2D eigenvalue weighted by Gasteiger charge is -2.19. The molecular formula is C19H13ClFNO3. The summed E-state index contributed by atoms with van der Waals surface area (Å²) < 4.78 is 24.9. The third-order valence-corrected chi connectivity index (χ3v) is 4.09. The summed E-state index contributed by atoms with van der Waals surface area (Å²) in [6.07, 6.45) is 5.16. The van der Waals surface area contributed by atoms with Crippen LogP contribution in [0.4, 0.5) is 10.1 Å². The summed E-state index contributed by atoms with van der Waals surface area (Å²) in [6.45, 7) is 3.88. The van der Waals surface area contributed by atoms with Crippen LogP contribution in [0.1, 0.15) is 15.9 Å². The number of nitrogens with zero attached hydrogens (tertiary/aromatic N) is 1. The van der Waals surface area contributed by atoms with Gasteiger partial charge in [0, 0.05) is 11.6 Å². The molecule has 1 aliphatic heterocycles. The smallest absolute Gasteiger partial charge is 0.263 e. The van der Waals surface area contributed by atoms with Crippen LogP contribution < -0.4 is 14.4 Å². The minimum atomic E-state index is -0.674. The maximum atomic E-state index is 14.5. The Morgan fingerprint density at radius 3 is 2.76 bits per heavy atom. The molecule has 2 aromatic rings. The van der Waals surface area contributed by atoms with Crippen molar-refractivity contribution in [3.8, 4) is 23.8 Å². The highest BCUT2D eigenvalue weighted by molar-refractivity contribution is 6.32. The topological polar surface area (TPSA) is 38.8 Å². The van der Waals surface area contributed by atoms with Crippen molar-refractivity contribution in [2.45, 2.75) is 0 Å². The van der Waals surface area contributed by atoms with Crippen LogP contribution in [0.15, 0.2) is 36.9 Å². The molecule has 1 amide bonds. The van der Waals surface area contributed by atoms with Crippen molar-refractivity contribution < 1.29 is 18.7 Å². The van der Waals surface area contributed by atoms with Crippen molar-refractivity contribution in [1.29, 1.82) is 0 Å². The van der Waals surface area contributed by atoms with E-state index in [4.69, 9.17) is 27.5 Å². The van der Waals surface area contributed by atoms with Gasteiger partial charge in [-0.25, -0.2) is 4.39 Å². The van der Waals surface area contributed by atoms with Gasteiger partial charge >= 0.3 is 0 Å². The standard InChI is InChI=1S/C19H13ClFNO3/c1-4-7-25-18-10-17(16(21)9-15(18)20)22-11(2)13-6-5-12(24-3)8-14(13)19(22)23/h1,5-6,8-10H,2,7H2,3H3. The quantitative estimate of drug-likeness (QED) is 0.772. The van der Waals surface area contributed by atoms with Gasteiger partial charge in [0.05, 0.1) is 29.1 Å². The summed E-state index contributed by atoms with van der Waals surface area (Å²) in [6, 6.07) is 7.42. The molecule has 0 aliphatic carbocycles. The average molecular weight is 358 g/mol. The molecule has 0 radical (unpaired) electrons. The summed E-state index contributed by atoms with van der Waals surface area (Å²) in [5.74, 6) is 1.93. The minimum absolute atomic E-state index is 0.0124. The molecule has 4 nitrogen and oxygen atoms in total. The number of carbonyl (C=O) groups excluding carboxylic acids is 1. The van der Waals surface area contributed by atoms with Crippen molar-refractivity contribution in [2.24, 2.45) is 0 Å². The van der Waals surface area contributed by atoms with Crippen molar-refractivity contribution in [2.75, 3.05) is 18.6 Å². The van der Waals surface area contributed by atoms with Crippen molar-refractivity contribution in [3.63, 3.8) is 0 Å². The maximum absolute atomic E-state index is 14.5. The van der Waals surface area contributed by atoms with E-state index in [0.717, 1.165) is 6.07 Å². The van der Waals surface area contributed by atoms with Crippen LogP contribution in [0, 0.1) is 18.2 Å². The highest BCUT2D eigenvalue weighted by atomic mass is 35.5. The normalized spacial score (nSPS) is 12.8. The molecule has 0 fully saturated rings. The maximum Gasteiger partial charge on any atom is 0.263 e. The fourth-order valence-electron chi connectivity index (χ4n) is 2.62. The second kappa shape index (κ2) is 6.50. The number of fused-ring (bicyclic) bond motifs is 1. The highest BCUT2D eigenvalue weighted by Gasteiger charge is 2.34. The molecule has 0 bridgehead atoms. The summed E-state index contributed by atoms with van der Waals surface area (Å²) >= 11 is 5.97. The van der Waals surface area contributed by atoms with E-state index in [1.165, 1.54) is 18.1 Å². The zero-order chi connectivity index (χ0) is 18.1. The van der Waals surface area contributed by atoms with Gasteiger partial charge in [-0.2, -0.15) is 0 Å². The third-order valence-electron chi connectivity index (χ3n) is 3.79. The van der Waals surface area contributed by atoms with E-state index < -0.39 is 11.7 Å². The molecule has 1 heterocycles. The minimum Gasteiger partial charge on any atom is -0.497 e. The first kappa shape index (κ1) is 16.9. The molecule has 6 heteroatoms. The average Bonchev–Trinajstić information content (AvgIpc) is 2.85. The predicted molar refractivity (Wildman–Crippen MR) is 94.6 cm³/mol. The predicted octanol–water partition coefficient (Wildman–Crippen LogP) is 4.13. The van der Waals surface area contributed by atoms with E-state index in [0.29, 0.717) is 22.6 Å². The number of hydrogen-bond donors (Lipinski definition) is 0. The summed E-state index contributed by atoms with van der Waals surface area (Å²) in [4.78, 5) is 14.0. The molecule has 0 spiro atoms. The lowest BCUT2D eigenvalue weighted by molar-refractivity contribution is 0.100. The molecule has 0 aromatic heterocycles. The number of ether oxygens (including phenoxy) is 2. The van der Waals surface area contributed by atoms with Crippen LogP contribution >= 0.6 is 11.6 Å². The molecule has 0 saturated heterocycles. The Morgan fingerprint density at radius 1 is 1.32 bits per heavy atom. The number of hydrogen-bond acceptors (Lipinski definition) is 3. The molecule has 25 heavy (non-hydrogen) atoms. The number of methoxy groups -OCH3 is 1. The van der Waals surface area contributed by atoms with Gasteiger partial charge in [0.1, 0.15) is 23.9 Å². The van der Waals surface area contributed by atoms with Crippen LogP contribution in [0.2, 0.25) is 5.02 Å². The largest absolute Gasteiger partial charge is 0.497 e. The van der Waals surface area contributed by atoms with Gasteiger partial charge in [0.2, 0.25) is 0 Å². The van der Waals surface area contributed by atoms with Gasteiger partial charge in [0.15, 0.2) is 0 Å². The molecule has 3 rings (SSSR count).